The minimum Gasteiger partial charge on any atom is -0.497 e. The Balaban J connectivity index is 1.98. The van der Waals surface area contributed by atoms with Gasteiger partial charge in [-0.25, -0.2) is 4.68 Å². The average molecular weight is 447 g/mol. The molecule has 3 aromatic rings. The molecule has 0 N–H and O–H groups in total. The Morgan fingerprint density at radius 1 is 1.09 bits per heavy atom. The van der Waals surface area contributed by atoms with Gasteiger partial charge in [-0.3, -0.25) is 0 Å². The zero-order chi connectivity index (χ0) is 23.5. The summed E-state index contributed by atoms with van der Waals surface area (Å²) in [4.78, 5) is 6.90. The van der Waals surface area contributed by atoms with Crippen molar-refractivity contribution < 1.29 is 17.9 Å². The molecule has 1 atom stereocenters. The zero-order valence-corrected chi connectivity index (χ0v) is 19.1. The fourth-order valence-electron chi connectivity index (χ4n) is 3.91. The number of halogens is 3. The van der Waals surface area contributed by atoms with Crippen LogP contribution >= 0.6 is 0 Å². The molecule has 8 heteroatoms. The van der Waals surface area contributed by atoms with Crippen molar-refractivity contribution >= 4 is 5.95 Å². The van der Waals surface area contributed by atoms with E-state index in [1.165, 1.54) is 0 Å². The third kappa shape index (κ3) is 4.89. The van der Waals surface area contributed by atoms with Crippen LogP contribution in [0.15, 0.2) is 42.5 Å². The molecule has 0 amide bonds. The predicted molar refractivity (Wildman–Crippen MR) is 120 cm³/mol. The van der Waals surface area contributed by atoms with Crippen LogP contribution in [0.1, 0.15) is 49.4 Å². The highest BCUT2D eigenvalue weighted by atomic mass is 19.4. The molecule has 32 heavy (non-hydrogen) atoms. The van der Waals surface area contributed by atoms with E-state index in [4.69, 9.17) is 9.72 Å². The summed E-state index contributed by atoms with van der Waals surface area (Å²) in [6.07, 6.45) is -2.79. The van der Waals surface area contributed by atoms with Gasteiger partial charge >= 0.3 is 6.18 Å². The maximum absolute atomic E-state index is 13.0. The van der Waals surface area contributed by atoms with Crippen LogP contribution in [0.3, 0.4) is 0 Å². The normalized spacial score (nSPS) is 12.6. The lowest BCUT2D eigenvalue weighted by Crippen LogP contribution is -2.30. The van der Waals surface area contributed by atoms with Crippen molar-refractivity contribution in [3.05, 3.63) is 59.2 Å². The van der Waals surface area contributed by atoms with E-state index in [0.717, 1.165) is 46.8 Å². The molecule has 1 heterocycles. The number of hydrogen-bond donors (Lipinski definition) is 0. The van der Waals surface area contributed by atoms with Gasteiger partial charge in [0.2, 0.25) is 5.95 Å². The molecule has 0 aliphatic rings. The number of ether oxygens (including phenoxy) is 1. The lowest BCUT2D eigenvalue weighted by Gasteiger charge is -2.30. The quantitative estimate of drug-likeness (QED) is 0.414. The second-order valence-electron chi connectivity index (χ2n) is 7.78. The molecule has 0 spiro atoms. The standard InChI is InChI=1S/C24H29F3N4O/c1-6-14-31(21(7-2)17-8-10-18(11-9-17)24(25,26)27)23-28-22(30(4)29-23)20-13-12-19(32-5)15-16(20)3/h8-13,15,21H,6-7,14H2,1-5H3/t21-/m0/s1. The lowest BCUT2D eigenvalue weighted by molar-refractivity contribution is -0.137. The van der Waals surface area contributed by atoms with Gasteiger partial charge in [-0.1, -0.05) is 26.0 Å². The van der Waals surface area contributed by atoms with Gasteiger partial charge in [0.05, 0.1) is 18.7 Å². The van der Waals surface area contributed by atoms with Crippen molar-refractivity contribution in [3.8, 4) is 17.1 Å². The van der Waals surface area contributed by atoms with Crippen molar-refractivity contribution in [2.75, 3.05) is 18.6 Å². The number of anilines is 1. The second kappa shape index (κ2) is 9.63. The average Bonchev–Trinajstić information content (AvgIpc) is 3.14. The zero-order valence-electron chi connectivity index (χ0n) is 19.1. The third-order valence-electron chi connectivity index (χ3n) is 5.53. The second-order valence-corrected chi connectivity index (χ2v) is 7.78. The predicted octanol–water partition coefficient (Wildman–Crippen LogP) is 6.19. The highest BCUT2D eigenvalue weighted by Crippen LogP contribution is 2.34. The molecule has 0 bridgehead atoms. The van der Waals surface area contributed by atoms with Crippen LogP contribution in [-0.2, 0) is 13.2 Å². The van der Waals surface area contributed by atoms with Gasteiger partial charge in [-0.15, -0.1) is 5.10 Å². The number of methoxy groups -OCH3 is 1. The number of hydrogen-bond acceptors (Lipinski definition) is 4. The summed E-state index contributed by atoms with van der Waals surface area (Å²) in [5.41, 5.74) is 2.13. The van der Waals surface area contributed by atoms with E-state index in [-0.39, 0.29) is 6.04 Å². The van der Waals surface area contributed by atoms with Gasteiger partial charge in [0.15, 0.2) is 5.82 Å². The monoisotopic (exact) mass is 446 g/mol. The summed E-state index contributed by atoms with van der Waals surface area (Å²) in [5.74, 6) is 2.06. The number of rotatable bonds is 8. The topological polar surface area (TPSA) is 43.2 Å². The Hall–Kier alpha value is -3.03. The van der Waals surface area contributed by atoms with Crippen LogP contribution < -0.4 is 9.64 Å². The lowest BCUT2D eigenvalue weighted by atomic mass is 10.0. The summed E-state index contributed by atoms with van der Waals surface area (Å²) in [6, 6.07) is 11.0. The first-order chi connectivity index (χ1) is 15.2. The maximum atomic E-state index is 13.0. The molecular weight excluding hydrogens is 417 g/mol. The maximum Gasteiger partial charge on any atom is 0.416 e. The van der Waals surface area contributed by atoms with Crippen molar-refractivity contribution in [2.24, 2.45) is 7.05 Å². The molecule has 0 saturated carbocycles. The van der Waals surface area contributed by atoms with E-state index >= 15 is 0 Å². The number of alkyl halides is 3. The smallest absolute Gasteiger partial charge is 0.416 e. The molecule has 0 fully saturated rings. The van der Waals surface area contributed by atoms with Gasteiger partial charge in [-0.2, -0.15) is 18.2 Å². The van der Waals surface area contributed by atoms with Gasteiger partial charge < -0.3 is 9.64 Å². The molecule has 0 radical (unpaired) electrons. The van der Waals surface area contributed by atoms with E-state index in [0.29, 0.717) is 18.9 Å². The Morgan fingerprint density at radius 3 is 2.31 bits per heavy atom. The number of aryl methyl sites for hydroxylation is 2. The molecule has 172 valence electrons. The molecule has 2 aromatic carbocycles. The third-order valence-corrected chi connectivity index (χ3v) is 5.53. The largest absolute Gasteiger partial charge is 0.497 e. The van der Waals surface area contributed by atoms with Gasteiger partial charge in [0.25, 0.3) is 0 Å². The molecular formula is C24H29F3N4O. The SMILES string of the molecule is CCCN(c1nc(-c2ccc(OC)cc2C)n(C)n1)[C@@H](CC)c1ccc(C(F)(F)F)cc1. The van der Waals surface area contributed by atoms with Crippen LogP contribution in [0.25, 0.3) is 11.4 Å². The van der Waals surface area contributed by atoms with E-state index in [2.05, 4.69) is 16.9 Å². The van der Waals surface area contributed by atoms with E-state index in [1.54, 1.807) is 23.9 Å². The Kier molecular flexibility index (Phi) is 7.11. The van der Waals surface area contributed by atoms with Gasteiger partial charge in [-0.05, 0) is 61.2 Å². The summed E-state index contributed by atoms with van der Waals surface area (Å²) in [5, 5.41) is 4.66. The van der Waals surface area contributed by atoms with Crippen LogP contribution in [0.2, 0.25) is 0 Å². The van der Waals surface area contributed by atoms with E-state index in [1.807, 2.05) is 39.1 Å². The highest BCUT2D eigenvalue weighted by molar-refractivity contribution is 5.63. The van der Waals surface area contributed by atoms with Crippen molar-refractivity contribution in [2.45, 2.75) is 45.8 Å². The van der Waals surface area contributed by atoms with Gasteiger partial charge in [0.1, 0.15) is 5.75 Å². The van der Waals surface area contributed by atoms with E-state index in [9.17, 15) is 13.2 Å². The molecule has 0 unspecified atom stereocenters. The first-order valence-electron chi connectivity index (χ1n) is 10.7. The first kappa shape index (κ1) is 23.6. The number of aromatic nitrogens is 3. The minimum atomic E-state index is -4.35. The molecule has 5 nitrogen and oxygen atoms in total. The van der Waals surface area contributed by atoms with Crippen molar-refractivity contribution in [1.29, 1.82) is 0 Å². The van der Waals surface area contributed by atoms with Gasteiger partial charge in [0, 0.05) is 19.2 Å². The first-order valence-corrected chi connectivity index (χ1v) is 10.7. The van der Waals surface area contributed by atoms with Crippen LogP contribution in [0, 0.1) is 6.92 Å². The van der Waals surface area contributed by atoms with Crippen LogP contribution in [0.5, 0.6) is 5.75 Å². The molecule has 0 aliphatic heterocycles. The minimum absolute atomic E-state index is 0.135. The Bertz CT molecular complexity index is 1040. The summed E-state index contributed by atoms with van der Waals surface area (Å²) in [6.45, 7) is 6.75. The highest BCUT2D eigenvalue weighted by Gasteiger charge is 2.31. The molecule has 0 aliphatic carbocycles. The van der Waals surface area contributed by atoms with Crippen molar-refractivity contribution in [1.82, 2.24) is 14.8 Å². The molecule has 3 rings (SSSR count). The summed E-state index contributed by atoms with van der Waals surface area (Å²) < 4.78 is 46.0. The van der Waals surface area contributed by atoms with Crippen LogP contribution in [0.4, 0.5) is 19.1 Å². The summed E-state index contributed by atoms with van der Waals surface area (Å²) >= 11 is 0. The number of benzene rings is 2. The van der Waals surface area contributed by atoms with E-state index < -0.39 is 11.7 Å². The van der Waals surface area contributed by atoms with Crippen molar-refractivity contribution in [3.63, 3.8) is 0 Å². The van der Waals surface area contributed by atoms with Crippen LogP contribution in [-0.4, -0.2) is 28.4 Å². The fourth-order valence-corrected chi connectivity index (χ4v) is 3.91. The number of nitrogens with zero attached hydrogens (tertiary/aromatic N) is 4. The fraction of sp³-hybridized carbons (Fsp3) is 0.417. The summed E-state index contributed by atoms with van der Waals surface area (Å²) in [7, 11) is 3.47. The molecule has 1 aromatic heterocycles. The molecule has 0 saturated heterocycles. The Morgan fingerprint density at radius 2 is 1.78 bits per heavy atom. The Labute approximate surface area is 186 Å².